The first-order valence-electron chi connectivity index (χ1n) is 6.46. The lowest BCUT2D eigenvalue weighted by molar-refractivity contribution is 0.598. The molecule has 21 heavy (non-hydrogen) atoms. The zero-order valence-electron chi connectivity index (χ0n) is 12.2. The Balaban J connectivity index is 2.15. The molecule has 1 N–H and O–H groups in total. The van der Waals surface area contributed by atoms with Crippen molar-refractivity contribution in [1.82, 2.24) is 15.1 Å². The fourth-order valence-electron chi connectivity index (χ4n) is 2.10. The Bertz CT molecular complexity index is 754. The molecular weight excluding hydrogens is 310 g/mol. The molecule has 0 aliphatic rings. The SMILES string of the molecule is Cc1c(CNCc2c(Cl)cccc2S(C)(=O)=O)cnn1C. The number of hydrogen-bond acceptors (Lipinski definition) is 4. The zero-order valence-corrected chi connectivity index (χ0v) is 13.8. The Morgan fingerprint density at radius 1 is 1.33 bits per heavy atom. The highest BCUT2D eigenvalue weighted by Gasteiger charge is 2.15. The van der Waals surface area contributed by atoms with Gasteiger partial charge in [0.05, 0.1) is 11.1 Å². The number of nitrogens with one attached hydrogen (secondary N) is 1. The van der Waals surface area contributed by atoms with Crippen LogP contribution in [0, 0.1) is 6.92 Å². The Morgan fingerprint density at radius 3 is 2.62 bits per heavy atom. The van der Waals surface area contributed by atoms with Crippen LogP contribution in [-0.2, 0) is 30.0 Å². The summed E-state index contributed by atoms with van der Waals surface area (Å²) in [4.78, 5) is 0.269. The molecule has 0 saturated carbocycles. The smallest absolute Gasteiger partial charge is 0.175 e. The molecule has 0 atom stereocenters. The lowest BCUT2D eigenvalue weighted by Crippen LogP contribution is -2.16. The molecule has 5 nitrogen and oxygen atoms in total. The first-order chi connectivity index (χ1) is 9.80. The lowest BCUT2D eigenvalue weighted by Gasteiger charge is -2.11. The Morgan fingerprint density at radius 2 is 2.05 bits per heavy atom. The summed E-state index contributed by atoms with van der Waals surface area (Å²) in [6, 6.07) is 4.92. The number of rotatable bonds is 5. The minimum atomic E-state index is -3.30. The molecular formula is C14H18ClN3O2S. The van der Waals surface area contributed by atoms with E-state index < -0.39 is 9.84 Å². The van der Waals surface area contributed by atoms with Gasteiger partial charge in [-0.05, 0) is 19.1 Å². The molecule has 0 radical (unpaired) electrons. The molecule has 0 bridgehead atoms. The average Bonchev–Trinajstić information content (AvgIpc) is 2.71. The molecule has 0 aliphatic carbocycles. The number of sulfone groups is 1. The van der Waals surface area contributed by atoms with E-state index in [1.807, 2.05) is 14.0 Å². The van der Waals surface area contributed by atoms with Crippen LogP contribution in [0.25, 0.3) is 0 Å². The van der Waals surface area contributed by atoms with Crippen LogP contribution in [-0.4, -0.2) is 24.5 Å². The molecule has 0 spiro atoms. The Labute approximate surface area is 129 Å². The Hall–Kier alpha value is -1.37. The van der Waals surface area contributed by atoms with Crippen LogP contribution in [0.4, 0.5) is 0 Å². The first kappa shape index (κ1) is 16.0. The minimum absolute atomic E-state index is 0.269. The zero-order chi connectivity index (χ0) is 15.6. The van der Waals surface area contributed by atoms with Crippen molar-refractivity contribution in [3.8, 4) is 0 Å². The maximum absolute atomic E-state index is 11.8. The highest BCUT2D eigenvalue weighted by Crippen LogP contribution is 2.24. The predicted molar refractivity (Wildman–Crippen MR) is 83.1 cm³/mol. The second-order valence-electron chi connectivity index (χ2n) is 4.97. The largest absolute Gasteiger partial charge is 0.308 e. The highest BCUT2D eigenvalue weighted by molar-refractivity contribution is 7.90. The molecule has 1 aromatic carbocycles. The van der Waals surface area contributed by atoms with Crippen molar-refractivity contribution in [2.75, 3.05) is 6.26 Å². The molecule has 0 amide bonds. The van der Waals surface area contributed by atoms with Crippen molar-refractivity contribution in [3.63, 3.8) is 0 Å². The van der Waals surface area contributed by atoms with Crippen LogP contribution in [0.2, 0.25) is 5.02 Å². The van der Waals surface area contributed by atoms with Crippen molar-refractivity contribution in [1.29, 1.82) is 0 Å². The molecule has 0 saturated heterocycles. The van der Waals surface area contributed by atoms with E-state index in [1.54, 1.807) is 29.1 Å². The summed E-state index contributed by atoms with van der Waals surface area (Å²) in [5.74, 6) is 0. The van der Waals surface area contributed by atoms with Crippen LogP contribution in [0.15, 0.2) is 29.3 Å². The van der Waals surface area contributed by atoms with Gasteiger partial charge in [0.25, 0.3) is 0 Å². The fraction of sp³-hybridized carbons (Fsp3) is 0.357. The Kier molecular flexibility index (Phi) is 4.70. The number of aromatic nitrogens is 2. The number of nitrogens with zero attached hydrogens (tertiary/aromatic N) is 2. The van der Waals surface area contributed by atoms with E-state index >= 15 is 0 Å². The molecule has 114 valence electrons. The van der Waals surface area contributed by atoms with E-state index in [0.717, 1.165) is 11.3 Å². The normalized spacial score (nSPS) is 11.8. The topological polar surface area (TPSA) is 64.0 Å². The van der Waals surface area contributed by atoms with Crippen molar-refractivity contribution >= 4 is 21.4 Å². The first-order valence-corrected chi connectivity index (χ1v) is 8.73. The van der Waals surface area contributed by atoms with Gasteiger partial charge in [0.15, 0.2) is 9.84 Å². The summed E-state index contributed by atoms with van der Waals surface area (Å²) >= 11 is 6.13. The van der Waals surface area contributed by atoms with Crippen molar-refractivity contribution in [3.05, 3.63) is 46.2 Å². The van der Waals surface area contributed by atoms with Gasteiger partial charge in [0, 0.05) is 48.2 Å². The minimum Gasteiger partial charge on any atom is -0.308 e. The van der Waals surface area contributed by atoms with E-state index in [4.69, 9.17) is 11.6 Å². The molecule has 7 heteroatoms. The molecule has 1 heterocycles. The van der Waals surface area contributed by atoms with E-state index in [2.05, 4.69) is 10.4 Å². The van der Waals surface area contributed by atoms with Gasteiger partial charge in [0.1, 0.15) is 0 Å². The van der Waals surface area contributed by atoms with Gasteiger partial charge in [-0.2, -0.15) is 5.10 Å². The van der Waals surface area contributed by atoms with Crippen molar-refractivity contribution < 1.29 is 8.42 Å². The van der Waals surface area contributed by atoms with E-state index in [9.17, 15) is 8.42 Å². The quantitative estimate of drug-likeness (QED) is 0.913. The molecule has 0 fully saturated rings. The molecule has 1 aromatic heterocycles. The van der Waals surface area contributed by atoms with Crippen molar-refractivity contribution in [2.24, 2.45) is 7.05 Å². The van der Waals surface area contributed by atoms with Gasteiger partial charge in [-0.3, -0.25) is 4.68 Å². The number of hydrogen-bond donors (Lipinski definition) is 1. The maximum atomic E-state index is 11.8. The third-order valence-corrected chi connectivity index (χ3v) is 4.97. The number of benzene rings is 1. The number of halogens is 1. The monoisotopic (exact) mass is 327 g/mol. The van der Waals surface area contributed by atoms with Gasteiger partial charge in [-0.1, -0.05) is 17.7 Å². The second-order valence-corrected chi connectivity index (χ2v) is 7.36. The summed E-state index contributed by atoms with van der Waals surface area (Å²) in [6.45, 7) is 2.98. The van der Waals surface area contributed by atoms with Gasteiger partial charge in [-0.15, -0.1) is 0 Å². The summed E-state index contributed by atoms with van der Waals surface area (Å²) in [7, 11) is -1.41. The lowest BCUT2D eigenvalue weighted by atomic mass is 10.2. The van der Waals surface area contributed by atoms with Crippen LogP contribution in [0.5, 0.6) is 0 Å². The summed E-state index contributed by atoms with van der Waals surface area (Å²) in [6.07, 6.45) is 2.99. The fourth-order valence-corrected chi connectivity index (χ4v) is 3.35. The van der Waals surface area contributed by atoms with E-state index in [0.29, 0.717) is 23.7 Å². The highest BCUT2D eigenvalue weighted by atomic mass is 35.5. The van der Waals surface area contributed by atoms with Crippen molar-refractivity contribution in [2.45, 2.75) is 24.9 Å². The number of aryl methyl sites for hydroxylation is 1. The van der Waals surface area contributed by atoms with Crippen LogP contribution in [0.3, 0.4) is 0 Å². The predicted octanol–water partition coefficient (Wildman–Crippen LogP) is 2.08. The summed E-state index contributed by atoms with van der Waals surface area (Å²) < 4.78 is 25.4. The van der Waals surface area contributed by atoms with Gasteiger partial charge >= 0.3 is 0 Å². The van der Waals surface area contributed by atoms with E-state index in [1.165, 1.54) is 6.26 Å². The maximum Gasteiger partial charge on any atom is 0.175 e. The molecule has 2 aromatic rings. The van der Waals surface area contributed by atoms with Gasteiger partial charge in [0.2, 0.25) is 0 Å². The standard InChI is InChI=1S/C14H18ClN3O2S/c1-10-11(8-17-18(10)2)7-16-9-12-13(15)5-4-6-14(12)21(3,19)20/h4-6,8,16H,7,9H2,1-3H3. The third kappa shape index (κ3) is 3.64. The molecule has 2 rings (SSSR count). The third-order valence-electron chi connectivity index (χ3n) is 3.43. The van der Waals surface area contributed by atoms with E-state index in [-0.39, 0.29) is 4.90 Å². The van der Waals surface area contributed by atoms with Crippen LogP contribution in [0.1, 0.15) is 16.8 Å². The van der Waals surface area contributed by atoms with Gasteiger partial charge < -0.3 is 5.32 Å². The molecule has 0 unspecified atom stereocenters. The van der Waals surface area contributed by atoms with Crippen LogP contribution >= 0.6 is 11.6 Å². The van der Waals surface area contributed by atoms with Crippen LogP contribution < -0.4 is 5.32 Å². The molecule has 0 aliphatic heterocycles. The average molecular weight is 328 g/mol. The van der Waals surface area contributed by atoms with Gasteiger partial charge in [-0.25, -0.2) is 8.42 Å². The summed E-state index contributed by atoms with van der Waals surface area (Å²) in [5.41, 5.74) is 2.75. The summed E-state index contributed by atoms with van der Waals surface area (Å²) in [5, 5.41) is 7.85. The second kappa shape index (κ2) is 6.17.